The zero-order chi connectivity index (χ0) is 24.6. The number of pyridine rings is 1. The van der Waals surface area contributed by atoms with E-state index in [9.17, 15) is 4.79 Å². The van der Waals surface area contributed by atoms with Gasteiger partial charge in [-0.2, -0.15) is 0 Å². The van der Waals surface area contributed by atoms with E-state index in [4.69, 9.17) is 22.4 Å². The molecule has 1 aliphatic rings. The molecule has 0 unspecified atom stereocenters. The molecule has 6 rings (SSSR count). The summed E-state index contributed by atoms with van der Waals surface area (Å²) in [7, 11) is 0. The van der Waals surface area contributed by atoms with Crippen LogP contribution in [0.2, 0.25) is 5.02 Å². The van der Waals surface area contributed by atoms with Crippen molar-refractivity contribution in [1.82, 2.24) is 19.2 Å². The van der Waals surface area contributed by atoms with E-state index in [1.807, 2.05) is 54.7 Å². The molecule has 0 spiro atoms. The average Bonchev–Trinajstić information content (AvgIpc) is 3.26. The Morgan fingerprint density at radius 3 is 2.75 bits per heavy atom. The van der Waals surface area contributed by atoms with Crippen LogP contribution in [0, 0.1) is 0 Å². The van der Waals surface area contributed by atoms with Crippen LogP contribution in [-0.4, -0.2) is 38.3 Å². The average molecular weight is 499 g/mol. The Hall–Kier alpha value is -3.68. The lowest BCUT2D eigenvalue weighted by molar-refractivity contribution is 0.502. The molecule has 2 aromatic carbocycles. The molecule has 2 N–H and O–H groups in total. The van der Waals surface area contributed by atoms with Crippen molar-refractivity contribution in [2.75, 3.05) is 18.0 Å². The molecule has 0 saturated carbocycles. The predicted octanol–water partition coefficient (Wildman–Crippen LogP) is 4.26. The maximum absolute atomic E-state index is 13.9. The highest BCUT2D eigenvalue weighted by atomic mass is 35.5. The standard InChI is InChI=1S/C28H27ClN6O/c29-24-10-4-2-7-20(24)16-23-26-28(36)34(18-25-22-9-3-1-6-19(22)11-12-31-25)14-15-35(26)32-27(23)33-13-5-8-21(30)17-33/h1-4,6-7,9-12,14-15,21H,5,8,13,16-18,30H2/t21-/m1/s1. The Kier molecular flexibility index (Phi) is 5.95. The summed E-state index contributed by atoms with van der Waals surface area (Å²) in [5, 5.41) is 7.69. The summed E-state index contributed by atoms with van der Waals surface area (Å²) in [5.41, 5.74) is 9.45. The lowest BCUT2D eigenvalue weighted by Gasteiger charge is -2.31. The molecule has 1 saturated heterocycles. The third kappa shape index (κ3) is 4.14. The third-order valence-electron chi connectivity index (χ3n) is 7.00. The van der Waals surface area contributed by atoms with Gasteiger partial charge < -0.3 is 15.2 Å². The lowest BCUT2D eigenvalue weighted by Crippen LogP contribution is -2.43. The Morgan fingerprint density at radius 2 is 1.89 bits per heavy atom. The maximum atomic E-state index is 13.9. The van der Waals surface area contributed by atoms with E-state index in [0.717, 1.165) is 52.8 Å². The minimum absolute atomic E-state index is 0.0887. The first kappa shape index (κ1) is 22.8. The third-order valence-corrected chi connectivity index (χ3v) is 7.37. The molecule has 182 valence electrons. The number of fused-ring (bicyclic) bond motifs is 2. The van der Waals surface area contributed by atoms with Gasteiger partial charge in [0, 0.05) is 60.1 Å². The number of benzene rings is 2. The zero-order valence-corrected chi connectivity index (χ0v) is 20.6. The number of nitrogens with two attached hydrogens (primary N) is 1. The number of hydrogen-bond acceptors (Lipinski definition) is 5. The summed E-state index contributed by atoms with van der Waals surface area (Å²) in [4.78, 5) is 20.7. The van der Waals surface area contributed by atoms with Gasteiger partial charge in [0.05, 0.1) is 12.2 Å². The SMILES string of the molecule is N[C@@H]1CCCN(c2nn3ccn(Cc4nccc5ccccc45)c(=O)c3c2Cc2ccccc2Cl)C1. The fourth-order valence-corrected chi connectivity index (χ4v) is 5.39. The van der Waals surface area contributed by atoms with Crippen LogP contribution in [0.15, 0.2) is 78.0 Å². The predicted molar refractivity (Wildman–Crippen MR) is 144 cm³/mol. The lowest BCUT2D eigenvalue weighted by atomic mass is 10.0. The fourth-order valence-electron chi connectivity index (χ4n) is 5.18. The molecule has 0 amide bonds. The summed E-state index contributed by atoms with van der Waals surface area (Å²) in [5.74, 6) is 0.809. The molecule has 0 aliphatic carbocycles. The van der Waals surface area contributed by atoms with Crippen molar-refractivity contribution in [2.24, 2.45) is 5.73 Å². The van der Waals surface area contributed by atoms with Crippen LogP contribution in [-0.2, 0) is 13.0 Å². The molecule has 1 aliphatic heterocycles. The van der Waals surface area contributed by atoms with E-state index in [1.165, 1.54) is 0 Å². The van der Waals surface area contributed by atoms with E-state index >= 15 is 0 Å². The van der Waals surface area contributed by atoms with E-state index in [1.54, 1.807) is 21.5 Å². The summed E-state index contributed by atoms with van der Waals surface area (Å²) >= 11 is 6.54. The number of hydrogen-bond donors (Lipinski definition) is 1. The number of nitrogens with zero attached hydrogens (tertiary/aromatic N) is 5. The molecule has 0 radical (unpaired) electrons. The van der Waals surface area contributed by atoms with Crippen LogP contribution in [0.3, 0.4) is 0 Å². The fraction of sp³-hybridized carbons (Fsp3) is 0.250. The monoisotopic (exact) mass is 498 g/mol. The van der Waals surface area contributed by atoms with Gasteiger partial charge in [-0.1, -0.05) is 54.1 Å². The van der Waals surface area contributed by atoms with Gasteiger partial charge in [0.2, 0.25) is 0 Å². The summed E-state index contributed by atoms with van der Waals surface area (Å²) in [6.07, 6.45) is 7.94. The van der Waals surface area contributed by atoms with Gasteiger partial charge in [0.1, 0.15) is 5.52 Å². The summed E-state index contributed by atoms with van der Waals surface area (Å²) in [6, 6.07) is 17.9. The highest BCUT2D eigenvalue weighted by molar-refractivity contribution is 6.31. The smallest absolute Gasteiger partial charge is 0.277 e. The van der Waals surface area contributed by atoms with Crippen molar-refractivity contribution in [1.29, 1.82) is 0 Å². The molecular weight excluding hydrogens is 472 g/mol. The molecule has 1 fully saturated rings. The second-order valence-corrected chi connectivity index (χ2v) is 9.83. The van der Waals surface area contributed by atoms with Crippen LogP contribution in [0.4, 0.5) is 5.82 Å². The molecule has 5 aromatic rings. The van der Waals surface area contributed by atoms with Crippen molar-refractivity contribution in [3.8, 4) is 0 Å². The first-order chi connectivity index (χ1) is 17.6. The minimum Gasteiger partial charge on any atom is -0.353 e. The van der Waals surface area contributed by atoms with Crippen LogP contribution in [0.5, 0.6) is 0 Å². The van der Waals surface area contributed by atoms with Crippen LogP contribution >= 0.6 is 11.6 Å². The molecular formula is C28H27ClN6O. The van der Waals surface area contributed by atoms with Gasteiger partial charge in [0.15, 0.2) is 5.82 Å². The zero-order valence-electron chi connectivity index (χ0n) is 19.8. The van der Waals surface area contributed by atoms with Crippen molar-refractivity contribution in [3.05, 3.63) is 105 Å². The number of rotatable bonds is 5. The van der Waals surface area contributed by atoms with Gasteiger partial charge >= 0.3 is 0 Å². The first-order valence-corrected chi connectivity index (χ1v) is 12.6. The van der Waals surface area contributed by atoms with Gasteiger partial charge in [0.25, 0.3) is 5.56 Å². The Balaban J connectivity index is 1.49. The highest BCUT2D eigenvalue weighted by Crippen LogP contribution is 2.29. The second-order valence-electron chi connectivity index (χ2n) is 9.42. The Bertz CT molecular complexity index is 1620. The van der Waals surface area contributed by atoms with Gasteiger partial charge in [-0.25, -0.2) is 4.52 Å². The number of aromatic nitrogens is 4. The van der Waals surface area contributed by atoms with Crippen molar-refractivity contribution < 1.29 is 0 Å². The molecule has 4 heterocycles. The molecule has 36 heavy (non-hydrogen) atoms. The van der Waals surface area contributed by atoms with E-state index in [0.29, 0.717) is 30.0 Å². The van der Waals surface area contributed by atoms with Crippen LogP contribution in [0.25, 0.3) is 16.3 Å². The van der Waals surface area contributed by atoms with Crippen LogP contribution < -0.4 is 16.2 Å². The quantitative estimate of drug-likeness (QED) is 0.391. The molecule has 7 nitrogen and oxygen atoms in total. The van der Waals surface area contributed by atoms with E-state index < -0.39 is 0 Å². The highest BCUT2D eigenvalue weighted by Gasteiger charge is 2.26. The number of halogens is 1. The largest absolute Gasteiger partial charge is 0.353 e. The van der Waals surface area contributed by atoms with Crippen molar-refractivity contribution in [2.45, 2.75) is 31.8 Å². The molecule has 1 atom stereocenters. The molecule has 0 bridgehead atoms. The van der Waals surface area contributed by atoms with Gasteiger partial charge in [-0.15, -0.1) is 5.10 Å². The Labute approximate surface area is 213 Å². The Morgan fingerprint density at radius 1 is 1.06 bits per heavy atom. The van der Waals surface area contributed by atoms with Crippen LogP contribution in [0.1, 0.15) is 29.7 Å². The first-order valence-electron chi connectivity index (χ1n) is 12.3. The molecule has 8 heteroatoms. The van der Waals surface area contributed by atoms with E-state index in [2.05, 4.69) is 16.0 Å². The van der Waals surface area contributed by atoms with Crippen molar-refractivity contribution >= 4 is 33.7 Å². The van der Waals surface area contributed by atoms with Gasteiger partial charge in [-0.3, -0.25) is 9.78 Å². The number of piperidine rings is 1. The topological polar surface area (TPSA) is 81.4 Å². The summed E-state index contributed by atoms with van der Waals surface area (Å²) < 4.78 is 3.42. The van der Waals surface area contributed by atoms with Crippen molar-refractivity contribution in [3.63, 3.8) is 0 Å². The molecule has 3 aromatic heterocycles. The minimum atomic E-state index is -0.102. The van der Waals surface area contributed by atoms with E-state index in [-0.39, 0.29) is 11.6 Å². The maximum Gasteiger partial charge on any atom is 0.277 e. The van der Waals surface area contributed by atoms with Gasteiger partial charge in [-0.05, 0) is 35.9 Å². The normalized spacial score (nSPS) is 16.2. The second kappa shape index (κ2) is 9.41. The summed E-state index contributed by atoms with van der Waals surface area (Å²) in [6.45, 7) is 1.95. The number of anilines is 1.